The molecule has 1 aliphatic rings. The van der Waals surface area contributed by atoms with Gasteiger partial charge in [-0.3, -0.25) is 0 Å². The average Bonchev–Trinajstić information content (AvgIpc) is 2.05. The van der Waals surface area contributed by atoms with Crippen LogP contribution in [-0.2, 0) is 0 Å². The lowest BCUT2D eigenvalue weighted by Crippen LogP contribution is -1.91. The van der Waals surface area contributed by atoms with Gasteiger partial charge in [0, 0.05) is 5.41 Å². The summed E-state index contributed by atoms with van der Waals surface area (Å²) in [6.45, 7) is 0. The molecule has 3 nitrogen and oxygen atoms in total. The summed E-state index contributed by atoms with van der Waals surface area (Å²) in [6, 6.07) is 0. The SMILES string of the molecule is C1=Cc2ncncc2OS1. The molecule has 0 saturated heterocycles. The maximum atomic E-state index is 5.13. The third-order valence-electron chi connectivity index (χ3n) is 1.13. The molecule has 0 amide bonds. The Hall–Kier alpha value is -1.03. The van der Waals surface area contributed by atoms with E-state index in [1.165, 1.54) is 18.4 Å². The number of fused-ring (bicyclic) bond motifs is 1. The minimum atomic E-state index is 0.731. The van der Waals surface area contributed by atoms with Crippen molar-refractivity contribution >= 4 is 18.1 Å². The number of hydrogen-bond acceptors (Lipinski definition) is 4. The molecule has 0 fully saturated rings. The highest BCUT2D eigenvalue weighted by Crippen LogP contribution is 2.25. The lowest BCUT2D eigenvalue weighted by molar-refractivity contribution is 0.637. The van der Waals surface area contributed by atoms with Gasteiger partial charge in [0.25, 0.3) is 0 Å². The molecule has 1 aliphatic heterocycles. The van der Waals surface area contributed by atoms with Gasteiger partial charge < -0.3 is 4.18 Å². The fourth-order valence-electron chi connectivity index (χ4n) is 0.688. The Morgan fingerprint density at radius 1 is 1.50 bits per heavy atom. The average molecular weight is 152 g/mol. The normalized spacial score (nSPS) is 14.0. The van der Waals surface area contributed by atoms with Gasteiger partial charge in [0.15, 0.2) is 5.75 Å². The van der Waals surface area contributed by atoms with Crippen LogP contribution in [0.3, 0.4) is 0 Å². The molecule has 1 aromatic heterocycles. The zero-order valence-corrected chi connectivity index (χ0v) is 5.84. The molecule has 0 spiro atoms. The van der Waals surface area contributed by atoms with Gasteiger partial charge >= 0.3 is 0 Å². The van der Waals surface area contributed by atoms with Crippen molar-refractivity contribution in [3.8, 4) is 5.75 Å². The second-order valence-electron chi connectivity index (χ2n) is 1.75. The van der Waals surface area contributed by atoms with Crippen LogP contribution in [0.2, 0.25) is 0 Å². The molecular weight excluding hydrogens is 148 g/mol. The van der Waals surface area contributed by atoms with Crippen LogP contribution >= 0.6 is 12.0 Å². The third kappa shape index (κ3) is 0.863. The lowest BCUT2D eigenvalue weighted by atomic mass is 10.4. The van der Waals surface area contributed by atoms with Crippen LogP contribution < -0.4 is 4.18 Å². The minimum Gasteiger partial charge on any atom is -0.417 e. The van der Waals surface area contributed by atoms with E-state index in [0.717, 1.165) is 11.4 Å². The number of nitrogens with zero attached hydrogens (tertiary/aromatic N) is 2. The molecule has 50 valence electrons. The largest absolute Gasteiger partial charge is 0.417 e. The van der Waals surface area contributed by atoms with Crippen molar-refractivity contribution in [1.29, 1.82) is 0 Å². The van der Waals surface area contributed by atoms with Gasteiger partial charge in [-0.05, 0) is 6.08 Å². The molecule has 0 aliphatic carbocycles. The molecule has 0 aromatic carbocycles. The molecule has 0 bridgehead atoms. The molecule has 4 heteroatoms. The third-order valence-corrected chi connectivity index (χ3v) is 1.65. The van der Waals surface area contributed by atoms with Gasteiger partial charge in [0.2, 0.25) is 0 Å². The monoisotopic (exact) mass is 152 g/mol. The van der Waals surface area contributed by atoms with Crippen LogP contribution in [0, 0.1) is 0 Å². The van der Waals surface area contributed by atoms with Gasteiger partial charge in [0.1, 0.15) is 12.0 Å². The predicted octanol–water partition coefficient (Wildman–Crippen LogP) is 1.49. The first kappa shape index (κ1) is 5.73. The van der Waals surface area contributed by atoms with E-state index >= 15 is 0 Å². The zero-order valence-electron chi connectivity index (χ0n) is 5.02. The number of rotatable bonds is 0. The molecule has 2 heterocycles. The van der Waals surface area contributed by atoms with Crippen molar-refractivity contribution in [3.63, 3.8) is 0 Å². The highest BCUT2D eigenvalue weighted by molar-refractivity contribution is 7.98. The van der Waals surface area contributed by atoms with Crippen LogP contribution in [0.15, 0.2) is 17.9 Å². The van der Waals surface area contributed by atoms with E-state index in [4.69, 9.17) is 4.18 Å². The maximum Gasteiger partial charge on any atom is 0.181 e. The van der Waals surface area contributed by atoms with Crippen LogP contribution in [0.25, 0.3) is 6.08 Å². The van der Waals surface area contributed by atoms with Gasteiger partial charge in [-0.25, -0.2) is 9.97 Å². The molecule has 1 aromatic rings. The fourth-order valence-corrected chi connectivity index (χ4v) is 1.16. The fraction of sp³-hybridized carbons (Fsp3) is 0. The molecule has 10 heavy (non-hydrogen) atoms. The summed E-state index contributed by atoms with van der Waals surface area (Å²) in [4.78, 5) is 7.80. The molecule has 0 N–H and O–H groups in total. The van der Waals surface area contributed by atoms with Crippen LogP contribution in [-0.4, -0.2) is 9.97 Å². The molecule has 0 unspecified atom stereocenters. The Morgan fingerprint density at radius 3 is 3.40 bits per heavy atom. The summed E-state index contributed by atoms with van der Waals surface area (Å²) in [5.74, 6) is 0.731. The molecular formula is C6H4N2OS. The Bertz CT molecular complexity index is 274. The summed E-state index contributed by atoms with van der Waals surface area (Å²) in [7, 11) is 0. The van der Waals surface area contributed by atoms with Crippen molar-refractivity contribution < 1.29 is 4.18 Å². The smallest absolute Gasteiger partial charge is 0.181 e. The molecule has 0 atom stereocenters. The van der Waals surface area contributed by atoms with Gasteiger partial charge in [-0.1, -0.05) is 0 Å². The quantitative estimate of drug-likeness (QED) is 0.527. The predicted molar refractivity (Wildman–Crippen MR) is 39.3 cm³/mol. The second kappa shape index (κ2) is 2.30. The van der Waals surface area contributed by atoms with E-state index in [9.17, 15) is 0 Å². The second-order valence-corrected chi connectivity index (χ2v) is 2.39. The maximum absolute atomic E-state index is 5.13. The number of hydrogen-bond donors (Lipinski definition) is 0. The number of aromatic nitrogens is 2. The van der Waals surface area contributed by atoms with Crippen molar-refractivity contribution in [2.75, 3.05) is 0 Å². The van der Waals surface area contributed by atoms with Crippen LogP contribution in [0.1, 0.15) is 5.69 Å². The van der Waals surface area contributed by atoms with Gasteiger partial charge in [-0.2, -0.15) is 0 Å². The van der Waals surface area contributed by atoms with E-state index in [2.05, 4.69) is 9.97 Å². The minimum absolute atomic E-state index is 0.731. The Balaban J connectivity index is 2.54. The molecule has 2 rings (SSSR count). The lowest BCUT2D eigenvalue weighted by Gasteiger charge is -2.06. The van der Waals surface area contributed by atoms with E-state index in [1.54, 1.807) is 6.20 Å². The first-order chi connectivity index (χ1) is 4.97. The van der Waals surface area contributed by atoms with E-state index in [0.29, 0.717) is 0 Å². The van der Waals surface area contributed by atoms with Gasteiger partial charge in [-0.15, -0.1) is 0 Å². The Labute approximate surface area is 62.4 Å². The first-order valence-electron chi connectivity index (χ1n) is 2.77. The standard InChI is InChI=1S/C6H4N2OS/c1-2-10-9-6-3-7-4-8-5(1)6/h1-4H. The van der Waals surface area contributed by atoms with Crippen molar-refractivity contribution in [1.82, 2.24) is 9.97 Å². The topological polar surface area (TPSA) is 35.0 Å². The van der Waals surface area contributed by atoms with E-state index in [-0.39, 0.29) is 0 Å². The first-order valence-corrected chi connectivity index (χ1v) is 3.57. The Morgan fingerprint density at radius 2 is 2.50 bits per heavy atom. The van der Waals surface area contributed by atoms with Crippen LogP contribution in [0.5, 0.6) is 5.75 Å². The summed E-state index contributed by atoms with van der Waals surface area (Å²) < 4.78 is 5.13. The van der Waals surface area contributed by atoms with Crippen molar-refractivity contribution in [3.05, 3.63) is 23.6 Å². The summed E-state index contributed by atoms with van der Waals surface area (Å²) in [5, 5.41) is 1.84. The Kier molecular flexibility index (Phi) is 1.32. The summed E-state index contributed by atoms with van der Waals surface area (Å²) >= 11 is 1.28. The highest BCUT2D eigenvalue weighted by atomic mass is 32.2. The molecule has 0 saturated carbocycles. The summed E-state index contributed by atoms with van der Waals surface area (Å²) in [5.41, 5.74) is 0.841. The highest BCUT2D eigenvalue weighted by Gasteiger charge is 2.05. The molecule has 0 radical (unpaired) electrons. The van der Waals surface area contributed by atoms with Crippen molar-refractivity contribution in [2.45, 2.75) is 0 Å². The van der Waals surface area contributed by atoms with E-state index < -0.39 is 0 Å². The van der Waals surface area contributed by atoms with Crippen LogP contribution in [0.4, 0.5) is 0 Å². The van der Waals surface area contributed by atoms with Gasteiger partial charge in [0.05, 0.1) is 18.2 Å². The van der Waals surface area contributed by atoms with E-state index in [1.807, 2.05) is 11.5 Å². The van der Waals surface area contributed by atoms with Crippen molar-refractivity contribution in [2.24, 2.45) is 0 Å². The summed E-state index contributed by atoms with van der Waals surface area (Å²) in [6.07, 6.45) is 5.05. The zero-order chi connectivity index (χ0) is 6.81.